The predicted octanol–water partition coefficient (Wildman–Crippen LogP) is 5.63. The van der Waals surface area contributed by atoms with Crippen molar-refractivity contribution in [3.63, 3.8) is 0 Å². The molecule has 0 bridgehead atoms. The number of allylic oxidation sites excluding steroid dienone is 2. The maximum absolute atomic E-state index is 10.7. The minimum Gasteiger partial charge on any atom is -0.480 e. The van der Waals surface area contributed by atoms with E-state index in [1.807, 2.05) is 60.7 Å². The molecule has 46 heavy (non-hydrogen) atoms. The summed E-state index contributed by atoms with van der Waals surface area (Å²) in [5.74, 6) is -2.89. The molecule has 3 aromatic rings. The minimum absolute atomic E-state index is 0. The first-order valence-corrected chi connectivity index (χ1v) is 16.1. The molecule has 0 radical (unpaired) electrons. The first kappa shape index (κ1) is 39.5. The van der Waals surface area contributed by atoms with Crippen molar-refractivity contribution in [1.82, 2.24) is 0 Å². The van der Waals surface area contributed by atoms with Gasteiger partial charge in [-0.2, -0.15) is 13.5 Å². The van der Waals surface area contributed by atoms with Crippen molar-refractivity contribution in [1.29, 1.82) is 0 Å². The number of carboxylic acid groups (broad SMARTS) is 3. The van der Waals surface area contributed by atoms with E-state index in [2.05, 4.69) is 50.7 Å². The second-order valence-electron chi connectivity index (χ2n) is 10.5. The van der Waals surface area contributed by atoms with Crippen molar-refractivity contribution in [2.24, 2.45) is 17.2 Å². The molecule has 0 heterocycles. The molecule has 9 nitrogen and oxygen atoms in total. The number of fused-ring (bicyclic) bond motifs is 2. The Bertz CT molecular complexity index is 1620. The molecule has 246 valence electrons. The van der Waals surface area contributed by atoms with Crippen molar-refractivity contribution in [3.8, 4) is 0 Å². The number of hydrogen-bond donors (Lipinski definition) is 6. The second-order valence-corrected chi connectivity index (χ2v) is 13.1. The summed E-state index contributed by atoms with van der Waals surface area (Å²) < 4.78 is 2.17. The lowest BCUT2D eigenvalue weighted by atomic mass is 10.0. The Morgan fingerprint density at radius 3 is 1.76 bits per heavy atom. The zero-order valence-electron chi connectivity index (χ0n) is 24.6. The molecule has 0 saturated heterocycles. The summed E-state index contributed by atoms with van der Waals surface area (Å²) in [7, 11) is 0. The fourth-order valence-corrected chi connectivity index (χ4v) is 5.69. The number of carbonyl (C=O) groups is 3. The Morgan fingerprint density at radius 1 is 0.717 bits per heavy atom. The summed E-state index contributed by atoms with van der Waals surface area (Å²) in [5, 5.41) is 26.8. The van der Waals surface area contributed by atoms with Crippen molar-refractivity contribution < 1.29 is 29.7 Å². The van der Waals surface area contributed by atoms with Crippen LogP contribution < -0.4 is 17.2 Å². The van der Waals surface area contributed by atoms with Crippen molar-refractivity contribution in [2.45, 2.75) is 50.2 Å². The number of nitrogens with two attached hydrogens (primary N) is 3. The maximum Gasteiger partial charge on any atom is 0.320 e. The Labute approximate surface area is 301 Å². The average Bonchev–Trinajstić information content (AvgIpc) is 3.57. The molecule has 2 unspecified atom stereocenters. The van der Waals surface area contributed by atoms with Crippen LogP contribution in [0.4, 0.5) is 0 Å². The predicted molar refractivity (Wildman–Crippen MR) is 198 cm³/mol. The lowest BCUT2D eigenvalue weighted by Gasteiger charge is -2.09. The number of rotatable bonds is 9. The Kier molecular flexibility index (Phi) is 15.9. The summed E-state index contributed by atoms with van der Waals surface area (Å²) in [6.45, 7) is 0. The summed E-state index contributed by atoms with van der Waals surface area (Å²) >= 11 is 11.5. The van der Waals surface area contributed by atoms with E-state index in [-0.39, 0.29) is 13.5 Å². The lowest BCUT2D eigenvalue weighted by molar-refractivity contribution is -0.139. The fraction of sp³-hybridized carbons (Fsp3) is 0.242. The van der Waals surface area contributed by atoms with E-state index in [0.29, 0.717) is 24.3 Å². The molecule has 0 saturated carbocycles. The van der Waals surface area contributed by atoms with Crippen LogP contribution in [0, 0.1) is 3.57 Å². The van der Waals surface area contributed by atoms with Crippen LogP contribution >= 0.6 is 63.6 Å². The summed E-state index contributed by atoms with van der Waals surface area (Å²) in [6.07, 6.45) is 6.88. The molecule has 0 aliphatic heterocycles. The van der Waals surface area contributed by atoms with Gasteiger partial charge in [-0.25, -0.2) is 0 Å². The number of carboxylic acids is 3. The molecule has 0 fully saturated rings. The zero-order chi connectivity index (χ0) is 33.3. The van der Waals surface area contributed by atoms with E-state index in [0.717, 1.165) is 48.7 Å². The molecule has 0 amide bonds. The summed E-state index contributed by atoms with van der Waals surface area (Å²) in [5.41, 5.74) is 24.0. The van der Waals surface area contributed by atoms with E-state index >= 15 is 0 Å². The van der Waals surface area contributed by atoms with E-state index in [4.69, 9.17) is 44.1 Å². The van der Waals surface area contributed by atoms with Gasteiger partial charge in [0.25, 0.3) is 0 Å². The highest BCUT2D eigenvalue weighted by atomic mass is 127. The minimum atomic E-state index is -0.976. The molecule has 0 aromatic heterocycles. The maximum atomic E-state index is 10.7. The molecule has 2 aliphatic rings. The molecule has 5 rings (SSSR count). The first-order chi connectivity index (χ1) is 21.2. The molecule has 2 aliphatic carbocycles. The molecule has 9 N–H and O–H groups in total. The van der Waals surface area contributed by atoms with Crippen molar-refractivity contribution in [3.05, 3.63) is 114 Å². The van der Waals surface area contributed by atoms with Gasteiger partial charge in [0.1, 0.15) is 18.1 Å². The van der Waals surface area contributed by atoms with Crippen molar-refractivity contribution in [2.75, 3.05) is 0 Å². The van der Waals surface area contributed by atoms with Gasteiger partial charge in [0, 0.05) is 13.1 Å². The van der Waals surface area contributed by atoms with Crippen LogP contribution in [0.15, 0.2) is 77.3 Å². The van der Waals surface area contributed by atoms with E-state index in [1.54, 1.807) is 0 Å². The number of hydrogen-bond acceptors (Lipinski definition) is 6. The largest absolute Gasteiger partial charge is 0.480 e. The third kappa shape index (κ3) is 11.8. The van der Waals surface area contributed by atoms with Crippen LogP contribution in [0.3, 0.4) is 0 Å². The van der Waals surface area contributed by atoms with Crippen LogP contribution in [0.1, 0.15) is 40.7 Å². The van der Waals surface area contributed by atoms with Gasteiger partial charge in [-0.1, -0.05) is 63.9 Å². The van der Waals surface area contributed by atoms with E-state index < -0.39 is 36.0 Å². The quantitative estimate of drug-likeness (QED) is 0.148. The van der Waals surface area contributed by atoms with Gasteiger partial charge in [-0.3, -0.25) is 14.4 Å². The summed E-state index contributed by atoms with van der Waals surface area (Å²) in [4.78, 5) is 31.8. The second kappa shape index (κ2) is 18.6. The van der Waals surface area contributed by atoms with Gasteiger partial charge >= 0.3 is 17.9 Å². The SMILES string of the molecule is NC(CC1=CCc2cc(Br)ccc21)C(=O)O.NC(CC1=CCc2ccc(Cl)cc21)C(=O)O.N[C@@H](Cc1ccc(I)cc1)C(=O)O.S. The topological polar surface area (TPSA) is 190 Å². The standard InChI is InChI=1S/C12H12BrNO2.C12H12ClNO2.C9H10INO2.H2S/c13-9-3-4-10-7(5-9)1-2-8(10)6-11(14)12(15)16;13-9-4-3-7-1-2-8(10(7)6-9)5-11(14)12(15)16;10-7-3-1-6(2-4-7)5-8(11)9(12)13;/h2-5,11H,1,6,14H2,(H,15,16);2-4,6,11H,1,5,14H2,(H,15,16);1-4,8H,5,11H2,(H,12,13);1H2/t;;8-;/m..0./s1. The Balaban J connectivity index is 0.000000239. The molecule has 13 heteroatoms. The third-order valence-electron chi connectivity index (χ3n) is 7.17. The van der Waals surface area contributed by atoms with E-state index in [1.165, 1.54) is 11.1 Å². The molecular formula is C33H36BrClIN3O6S. The monoisotopic (exact) mass is 843 g/mol. The highest BCUT2D eigenvalue weighted by molar-refractivity contribution is 14.1. The Hall–Kier alpha value is -2.72. The van der Waals surface area contributed by atoms with Gasteiger partial charge < -0.3 is 32.5 Å². The van der Waals surface area contributed by atoms with Gasteiger partial charge in [-0.05, 0) is 130 Å². The van der Waals surface area contributed by atoms with Gasteiger partial charge in [0.2, 0.25) is 0 Å². The summed E-state index contributed by atoms with van der Waals surface area (Å²) in [6, 6.07) is 16.9. The highest BCUT2D eigenvalue weighted by Gasteiger charge is 2.21. The van der Waals surface area contributed by atoms with Crippen LogP contribution in [-0.2, 0) is 33.6 Å². The number of benzene rings is 3. The smallest absolute Gasteiger partial charge is 0.320 e. The normalized spacial score (nSPS) is 14.3. The molecule has 3 atom stereocenters. The zero-order valence-corrected chi connectivity index (χ0v) is 30.1. The fourth-order valence-electron chi connectivity index (χ4n) is 4.75. The average molecular weight is 845 g/mol. The third-order valence-corrected chi connectivity index (χ3v) is 8.62. The highest BCUT2D eigenvalue weighted by Crippen LogP contribution is 2.33. The van der Waals surface area contributed by atoms with Crippen LogP contribution in [0.5, 0.6) is 0 Å². The number of aliphatic carboxylic acids is 3. The van der Waals surface area contributed by atoms with Crippen LogP contribution in [0.2, 0.25) is 5.02 Å². The molecule has 0 spiro atoms. The Morgan fingerprint density at radius 2 is 1.22 bits per heavy atom. The van der Waals surface area contributed by atoms with Gasteiger partial charge in [-0.15, -0.1) is 0 Å². The van der Waals surface area contributed by atoms with Crippen LogP contribution in [-0.4, -0.2) is 51.4 Å². The van der Waals surface area contributed by atoms with Crippen molar-refractivity contribution >= 4 is 92.7 Å². The molecule has 3 aromatic carbocycles. The first-order valence-electron chi connectivity index (χ1n) is 13.9. The van der Waals surface area contributed by atoms with Crippen LogP contribution in [0.25, 0.3) is 11.1 Å². The molecular weight excluding hydrogens is 809 g/mol. The lowest BCUT2D eigenvalue weighted by Crippen LogP contribution is -2.32. The number of halogens is 3. The van der Waals surface area contributed by atoms with E-state index in [9.17, 15) is 14.4 Å². The van der Waals surface area contributed by atoms with Gasteiger partial charge in [0.05, 0.1) is 0 Å². The van der Waals surface area contributed by atoms with Gasteiger partial charge in [0.15, 0.2) is 0 Å².